The van der Waals surface area contributed by atoms with Crippen molar-refractivity contribution in [2.45, 2.75) is 11.3 Å². The fraction of sp³-hybridized carbons (Fsp3) is 0.133. The van der Waals surface area contributed by atoms with Crippen LogP contribution >= 0.6 is 12.6 Å². The van der Waals surface area contributed by atoms with E-state index in [1.54, 1.807) is 30.3 Å². The number of anilines is 1. The number of amides is 2. The average Bonchev–Trinajstić information content (AvgIpc) is 2.43. The molecule has 0 unspecified atom stereocenters. The summed E-state index contributed by atoms with van der Waals surface area (Å²) in [6.45, 7) is 0.363. The van der Waals surface area contributed by atoms with Gasteiger partial charge in [-0.05, 0) is 30.2 Å². The third kappa shape index (κ3) is 3.99. The van der Waals surface area contributed by atoms with Gasteiger partial charge in [-0.1, -0.05) is 30.3 Å². The summed E-state index contributed by atoms with van der Waals surface area (Å²) in [5, 5.41) is 5.37. The number of hydrogen-bond donors (Lipinski definition) is 3. The Balaban J connectivity index is 1.82. The summed E-state index contributed by atoms with van der Waals surface area (Å²) in [5.74, 6) is -0.254. The van der Waals surface area contributed by atoms with E-state index in [1.807, 2.05) is 12.1 Å². The third-order valence-corrected chi connectivity index (χ3v) is 3.18. The van der Waals surface area contributed by atoms with Crippen molar-refractivity contribution in [1.82, 2.24) is 5.32 Å². The predicted molar refractivity (Wildman–Crippen MR) is 80.8 cm³/mol. The van der Waals surface area contributed by atoms with Crippen LogP contribution in [0.5, 0.6) is 0 Å². The van der Waals surface area contributed by atoms with E-state index in [0.29, 0.717) is 29.1 Å². The minimum atomic E-state index is -0.331. The minimum absolute atomic E-state index is 0.254. The Kier molecular flexibility index (Phi) is 5.01. The summed E-state index contributed by atoms with van der Waals surface area (Å²) in [4.78, 5) is 12.4. The van der Waals surface area contributed by atoms with Crippen LogP contribution in [0.3, 0.4) is 0 Å². The van der Waals surface area contributed by atoms with Gasteiger partial charge in [-0.25, -0.2) is 9.18 Å². The molecule has 0 aliphatic carbocycles. The predicted octanol–water partition coefficient (Wildman–Crippen LogP) is 3.48. The van der Waals surface area contributed by atoms with Gasteiger partial charge < -0.3 is 10.6 Å². The molecular weight excluding hydrogens is 275 g/mol. The highest BCUT2D eigenvalue weighted by Gasteiger charge is 2.05. The minimum Gasteiger partial charge on any atom is -0.338 e. The molecule has 0 saturated heterocycles. The molecule has 2 aromatic carbocycles. The number of carbonyl (C=O) groups excluding carboxylic acids is 1. The molecule has 0 fully saturated rings. The van der Waals surface area contributed by atoms with E-state index in [2.05, 4.69) is 23.3 Å². The highest BCUT2D eigenvalue weighted by Crippen LogP contribution is 2.18. The molecule has 5 heteroatoms. The number of nitrogens with one attached hydrogen (secondary N) is 2. The number of benzene rings is 2. The average molecular weight is 290 g/mol. The third-order valence-electron chi connectivity index (χ3n) is 2.79. The van der Waals surface area contributed by atoms with Gasteiger partial charge in [0.2, 0.25) is 0 Å². The van der Waals surface area contributed by atoms with E-state index in [9.17, 15) is 9.18 Å². The van der Waals surface area contributed by atoms with E-state index in [0.717, 1.165) is 0 Å². The number of halogens is 1. The Hall–Kier alpha value is -2.01. The molecule has 2 rings (SSSR count). The van der Waals surface area contributed by atoms with Crippen molar-refractivity contribution in [1.29, 1.82) is 0 Å². The Labute approximate surface area is 122 Å². The summed E-state index contributed by atoms with van der Waals surface area (Å²) < 4.78 is 13.4. The smallest absolute Gasteiger partial charge is 0.319 e. The van der Waals surface area contributed by atoms with Crippen molar-refractivity contribution in [3.05, 3.63) is 59.9 Å². The molecule has 0 saturated carbocycles. The Morgan fingerprint density at radius 1 is 1.10 bits per heavy atom. The molecule has 104 valence electrons. The lowest BCUT2D eigenvalue weighted by molar-refractivity contribution is 0.252. The van der Waals surface area contributed by atoms with Crippen LogP contribution in [0.4, 0.5) is 14.9 Å². The number of para-hydroxylation sites is 1. The largest absolute Gasteiger partial charge is 0.338 e. The Morgan fingerprint density at radius 3 is 2.55 bits per heavy atom. The molecule has 3 nitrogen and oxygen atoms in total. The monoisotopic (exact) mass is 290 g/mol. The van der Waals surface area contributed by atoms with Crippen molar-refractivity contribution in [3.63, 3.8) is 0 Å². The fourth-order valence-corrected chi connectivity index (χ4v) is 1.97. The van der Waals surface area contributed by atoms with Gasteiger partial charge in [0.05, 0.1) is 5.69 Å². The van der Waals surface area contributed by atoms with Crippen molar-refractivity contribution < 1.29 is 9.18 Å². The lowest BCUT2D eigenvalue weighted by Crippen LogP contribution is -2.30. The SMILES string of the molecule is O=C(NCCc1ccccc1F)Nc1ccccc1S. The van der Waals surface area contributed by atoms with Gasteiger partial charge in [-0.3, -0.25) is 0 Å². The second-order valence-electron chi connectivity index (χ2n) is 4.24. The van der Waals surface area contributed by atoms with Crippen molar-refractivity contribution in [2.75, 3.05) is 11.9 Å². The van der Waals surface area contributed by atoms with E-state index < -0.39 is 0 Å². The van der Waals surface area contributed by atoms with Gasteiger partial charge in [0, 0.05) is 11.4 Å². The van der Waals surface area contributed by atoms with Crippen LogP contribution in [0.25, 0.3) is 0 Å². The summed E-state index contributed by atoms with van der Waals surface area (Å²) in [6, 6.07) is 13.4. The molecule has 0 radical (unpaired) electrons. The fourth-order valence-electron chi connectivity index (χ4n) is 1.76. The van der Waals surface area contributed by atoms with Crippen LogP contribution in [0.15, 0.2) is 53.4 Å². The standard InChI is InChI=1S/C15H15FN2OS/c16-12-6-2-1-5-11(12)9-10-17-15(19)18-13-7-3-4-8-14(13)20/h1-8,20H,9-10H2,(H2,17,18,19). The van der Waals surface area contributed by atoms with Gasteiger partial charge in [-0.15, -0.1) is 12.6 Å². The molecule has 20 heavy (non-hydrogen) atoms. The molecule has 0 aliphatic heterocycles. The first-order chi connectivity index (χ1) is 9.66. The molecule has 0 spiro atoms. The molecule has 0 atom stereocenters. The maximum atomic E-state index is 13.4. The van der Waals surface area contributed by atoms with E-state index in [4.69, 9.17) is 0 Å². The van der Waals surface area contributed by atoms with Crippen LogP contribution in [0.1, 0.15) is 5.56 Å². The maximum absolute atomic E-state index is 13.4. The Bertz CT molecular complexity index is 604. The van der Waals surface area contributed by atoms with Crippen molar-refractivity contribution >= 4 is 24.3 Å². The Morgan fingerprint density at radius 2 is 1.80 bits per heavy atom. The molecule has 0 heterocycles. The van der Waals surface area contributed by atoms with Crippen LogP contribution in [-0.4, -0.2) is 12.6 Å². The zero-order valence-corrected chi connectivity index (χ0v) is 11.7. The van der Waals surface area contributed by atoms with E-state index >= 15 is 0 Å². The van der Waals surface area contributed by atoms with Gasteiger partial charge in [0.1, 0.15) is 5.82 Å². The maximum Gasteiger partial charge on any atom is 0.319 e. The summed E-state index contributed by atoms with van der Waals surface area (Å²) in [5.41, 5.74) is 1.22. The molecular formula is C15H15FN2OS. The number of rotatable bonds is 4. The highest BCUT2D eigenvalue weighted by molar-refractivity contribution is 7.80. The van der Waals surface area contributed by atoms with Crippen LogP contribution in [0, 0.1) is 5.82 Å². The normalized spacial score (nSPS) is 10.1. The number of thiol groups is 1. The summed E-state index contributed by atoms with van der Waals surface area (Å²) in [7, 11) is 0. The van der Waals surface area contributed by atoms with Gasteiger partial charge in [-0.2, -0.15) is 0 Å². The molecule has 0 aromatic heterocycles. The van der Waals surface area contributed by atoms with E-state index in [-0.39, 0.29) is 11.8 Å². The van der Waals surface area contributed by atoms with Crippen LogP contribution in [0.2, 0.25) is 0 Å². The highest BCUT2D eigenvalue weighted by atomic mass is 32.1. The zero-order valence-electron chi connectivity index (χ0n) is 10.8. The van der Waals surface area contributed by atoms with E-state index in [1.165, 1.54) is 6.07 Å². The molecule has 2 aromatic rings. The number of urea groups is 1. The van der Waals surface area contributed by atoms with Crippen molar-refractivity contribution in [2.24, 2.45) is 0 Å². The summed E-state index contributed by atoms with van der Waals surface area (Å²) in [6.07, 6.45) is 0.447. The first-order valence-corrected chi connectivity index (χ1v) is 6.68. The topological polar surface area (TPSA) is 41.1 Å². The van der Waals surface area contributed by atoms with Gasteiger partial charge >= 0.3 is 6.03 Å². The van der Waals surface area contributed by atoms with Gasteiger partial charge in [0.15, 0.2) is 0 Å². The lowest BCUT2D eigenvalue weighted by atomic mass is 10.1. The second-order valence-corrected chi connectivity index (χ2v) is 4.72. The molecule has 2 amide bonds. The summed E-state index contributed by atoms with van der Waals surface area (Å²) >= 11 is 4.24. The number of carbonyl (C=O) groups is 1. The molecule has 0 aliphatic rings. The van der Waals surface area contributed by atoms with Crippen molar-refractivity contribution in [3.8, 4) is 0 Å². The second kappa shape index (κ2) is 6.96. The first-order valence-electron chi connectivity index (χ1n) is 6.23. The zero-order chi connectivity index (χ0) is 14.4. The molecule has 0 bridgehead atoms. The van der Waals surface area contributed by atoms with Crippen LogP contribution in [-0.2, 0) is 6.42 Å². The number of hydrogen-bond acceptors (Lipinski definition) is 2. The molecule has 2 N–H and O–H groups in total. The first kappa shape index (κ1) is 14.4. The van der Waals surface area contributed by atoms with Gasteiger partial charge in [0.25, 0.3) is 0 Å². The lowest BCUT2D eigenvalue weighted by Gasteiger charge is -2.09. The quantitative estimate of drug-likeness (QED) is 0.741. The van der Waals surface area contributed by atoms with Crippen LogP contribution < -0.4 is 10.6 Å².